The fraction of sp³-hybridized carbons (Fsp3) is 0.529. The molecule has 0 spiro atoms. The molecule has 0 N–H and O–H groups in total. The Hall–Kier alpha value is -1.20. The minimum absolute atomic E-state index is 0.0528. The number of nitrogens with zero attached hydrogens (tertiary/aromatic N) is 1. The third-order valence-electron chi connectivity index (χ3n) is 5.01. The number of sulfonamides is 1. The summed E-state index contributed by atoms with van der Waals surface area (Å²) in [4.78, 5) is 0.0824. The Morgan fingerprint density at radius 1 is 1.09 bits per heavy atom. The molecule has 3 fully saturated rings. The van der Waals surface area contributed by atoms with Crippen molar-refractivity contribution in [2.45, 2.75) is 55.5 Å². The van der Waals surface area contributed by atoms with E-state index in [0.717, 1.165) is 37.7 Å². The lowest BCUT2D eigenvalue weighted by Crippen LogP contribution is -2.44. The molecule has 1 aromatic carbocycles. The monoisotopic (exact) mass is 321 g/mol. The quantitative estimate of drug-likeness (QED) is 0.799. The maximum Gasteiger partial charge on any atom is 0.243 e. The molecule has 2 bridgehead atoms. The molecule has 0 amide bonds. The highest BCUT2D eigenvalue weighted by Crippen LogP contribution is 2.43. The maximum absolute atomic E-state index is 13.4. The topological polar surface area (TPSA) is 37.4 Å². The molecule has 3 nitrogen and oxygen atoms in total. The van der Waals surface area contributed by atoms with Crippen molar-refractivity contribution in [1.82, 2.24) is 4.31 Å². The first-order valence-electron chi connectivity index (χ1n) is 8.03. The van der Waals surface area contributed by atoms with Crippen LogP contribution in [0.15, 0.2) is 40.8 Å². The average molecular weight is 321 g/mol. The van der Waals surface area contributed by atoms with Crippen LogP contribution in [0.3, 0.4) is 0 Å². The maximum atomic E-state index is 13.4. The van der Waals surface area contributed by atoms with E-state index >= 15 is 0 Å². The normalized spacial score (nSPS) is 28.9. The molecule has 3 aliphatic rings. The second-order valence-corrected chi connectivity index (χ2v) is 8.59. The number of fused-ring (bicyclic) bond motifs is 2. The van der Waals surface area contributed by atoms with Crippen LogP contribution in [0, 0.1) is 11.7 Å². The number of hydrogen-bond donors (Lipinski definition) is 0. The molecule has 0 aromatic heterocycles. The number of hydrogen-bond acceptors (Lipinski definition) is 2. The van der Waals surface area contributed by atoms with Crippen LogP contribution in [0.5, 0.6) is 0 Å². The van der Waals surface area contributed by atoms with Crippen LogP contribution < -0.4 is 0 Å². The third kappa shape index (κ3) is 2.50. The highest BCUT2D eigenvalue weighted by molar-refractivity contribution is 7.89. The molecule has 1 aliphatic carbocycles. The molecule has 2 atom stereocenters. The van der Waals surface area contributed by atoms with Gasteiger partial charge in [0.2, 0.25) is 10.0 Å². The Labute approximate surface area is 130 Å². The molecule has 0 radical (unpaired) electrons. The van der Waals surface area contributed by atoms with Crippen LogP contribution in [0.25, 0.3) is 0 Å². The summed E-state index contributed by atoms with van der Waals surface area (Å²) in [5, 5.41) is 0. The summed E-state index contributed by atoms with van der Waals surface area (Å²) < 4.78 is 40.8. The van der Waals surface area contributed by atoms with Gasteiger partial charge in [-0.25, -0.2) is 12.8 Å². The SMILES string of the molecule is O=S(=O)(c1cccc(F)c1)N1C2CCC1CC(=CC1CC1)C2. The zero-order chi connectivity index (χ0) is 15.3. The molecule has 1 saturated carbocycles. The van der Waals surface area contributed by atoms with Crippen molar-refractivity contribution in [3.8, 4) is 0 Å². The van der Waals surface area contributed by atoms with Gasteiger partial charge < -0.3 is 0 Å². The van der Waals surface area contributed by atoms with Gasteiger partial charge >= 0.3 is 0 Å². The average Bonchev–Trinajstić information content (AvgIpc) is 3.23. The van der Waals surface area contributed by atoms with E-state index in [4.69, 9.17) is 0 Å². The van der Waals surface area contributed by atoms with E-state index in [2.05, 4.69) is 6.08 Å². The van der Waals surface area contributed by atoms with E-state index in [-0.39, 0.29) is 17.0 Å². The largest absolute Gasteiger partial charge is 0.243 e. The van der Waals surface area contributed by atoms with E-state index < -0.39 is 15.8 Å². The lowest BCUT2D eigenvalue weighted by molar-refractivity contribution is 0.284. The number of rotatable bonds is 3. The van der Waals surface area contributed by atoms with Gasteiger partial charge in [-0.15, -0.1) is 0 Å². The molecular weight excluding hydrogens is 301 g/mol. The van der Waals surface area contributed by atoms with Gasteiger partial charge in [-0.1, -0.05) is 17.7 Å². The van der Waals surface area contributed by atoms with Crippen LogP contribution in [0.1, 0.15) is 38.5 Å². The number of halogens is 1. The first-order valence-corrected chi connectivity index (χ1v) is 9.47. The molecule has 2 saturated heterocycles. The van der Waals surface area contributed by atoms with Crippen LogP contribution in [0.2, 0.25) is 0 Å². The minimum Gasteiger partial charge on any atom is -0.207 e. The van der Waals surface area contributed by atoms with Crippen molar-refractivity contribution in [2.75, 3.05) is 0 Å². The van der Waals surface area contributed by atoms with Gasteiger partial charge in [0.15, 0.2) is 0 Å². The summed E-state index contributed by atoms with van der Waals surface area (Å²) in [6, 6.07) is 5.47. The summed E-state index contributed by atoms with van der Waals surface area (Å²) in [7, 11) is -3.59. The molecule has 1 aromatic rings. The summed E-state index contributed by atoms with van der Waals surface area (Å²) in [6.45, 7) is 0. The number of benzene rings is 1. The van der Waals surface area contributed by atoms with E-state index in [0.29, 0.717) is 0 Å². The van der Waals surface area contributed by atoms with Crippen LogP contribution in [0.4, 0.5) is 4.39 Å². The first-order chi connectivity index (χ1) is 10.5. The molecule has 5 heteroatoms. The first kappa shape index (κ1) is 14.4. The van der Waals surface area contributed by atoms with Crippen molar-refractivity contribution in [3.05, 3.63) is 41.7 Å². The molecule has 118 valence electrons. The Balaban J connectivity index is 1.63. The summed E-state index contributed by atoms with van der Waals surface area (Å²) in [5.74, 6) is 0.237. The molecule has 2 heterocycles. The molecule has 2 aliphatic heterocycles. The van der Waals surface area contributed by atoms with Gasteiger partial charge in [0.1, 0.15) is 5.82 Å². The fourth-order valence-electron chi connectivity index (χ4n) is 3.88. The van der Waals surface area contributed by atoms with Gasteiger partial charge in [0.25, 0.3) is 0 Å². The molecular formula is C17H20FNO2S. The highest BCUT2D eigenvalue weighted by Gasteiger charge is 2.45. The predicted molar refractivity (Wildman–Crippen MR) is 82.3 cm³/mol. The second kappa shape index (κ2) is 5.17. The zero-order valence-corrected chi connectivity index (χ0v) is 13.2. The van der Waals surface area contributed by atoms with Gasteiger partial charge in [-0.3, -0.25) is 0 Å². The van der Waals surface area contributed by atoms with Gasteiger partial charge in [0, 0.05) is 12.1 Å². The van der Waals surface area contributed by atoms with Crippen LogP contribution in [-0.4, -0.2) is 24.8 Å². The summed E-state index contributed by atoms with van der Waals surface area (Å²) in [6.07, 6.45) is 8.47. The minimum atomic E-state index is -3.59. The molecule has 4 rings (SSSR count). The fourth-order valence-corrected chi connectivity index (χ4v) is 5.78. The van der Waals surface area contributed by atoms with Crippen LogP contribution >= 0.6 is 0 Å². The van der Waals surface area contributed by atoms with Crippen molar-refractivity contribution in [2.24, 2.45) is 5.92 Å². The van der Waals surface area contributed by atoms with E-state index in [1.54, 1.807) is 4.31 Å². The standard InChI is InChI=1S/C17H20FNO2S/c18-14-2-1-3-17(11-14)22(20,21)19-15-6-7-16(19)10-13(9-15)8-12-4-5-12/h1-3,8,11-12,15-16H,4-7,9-10H2. The van der Waals surface area contributed by atoms with Crippen molar-refractivity contribution in [1.29, 1.82) is 0 Å². The zero-order valence-electron chi connectivity index (χ0n) is 12.4. The predicted octanol–water partition coefficient (Wildman–Crippen LogP) is 3.48. The third-order valence-corrected chi connectivity index (χ3v) is 7.01. The smallest absolute Gasteiger partial charge is 0.207 e. The molecule has 22 heavy (non-hydrogen) atoms. The van der Waals surface area contributed by atoms with Crippen LogP contribution in [-0.2, 0) is 10.0 Å². The van der Waals surface area contributed by atoms with E-state index in [9.17, 15) is 12.8 Å². The van der Waals surface area contributed by atoms with Gasteiger partial charge in [-0.2, -0.15) is 4.31 Å². The highest BCUT2D eigenvalue weighted by atomic mass is 32.2. The van der Waals surface area contributed by atoms with Crippen molar-refractivity contribution in [3.63, 3.8) is 0 Å². The van der Waals surface area contributed by atoms with Crippen molar-refractivity contribution >= 4 is 10.0 Å². The van der Waals surface area contributed by atoms with Gasteiger partial charge in [0.05, 0.1) is 4.90 Å². The van der Waals surface area contributed by atoms with E-state index in [1.165, 1.54) is 36.6 Å². The molecule has 2 unspecified atom stereocenters. The van der Waals surface area contributed by atoms with E-state index in [1.807, 2.05) is 0 Å². The summed E-state index contributed by atoms with van der Waals surface area (Å²) >= 11 is 0. The Morgan fingerprint density at radius 3 is 2.36 bits per heavy atom. The summed E-state index contributed by atoms with van der Waals surface area (Å²) in [5.41, 5.74) is 1.43. The Bertz CT molecular complexity index is 708. The number of piperidine rings is 1. The lowest BCUT2D eigenvalue weighted by Gasteiger charge is -2.35. The Morgan fingerprint density at radius 2 is 1.77 bits per heavy atom. The van der Waals surface area contributed by atoms with Gasteiger partial charge in [-0.05, 0) is 62.6 Å². The van der Waals surface area contributed by atoms with Crippen molar-refractivity contribution < 1.29 is 12.8 Å². The number of allylic oxidation sites excluding steroid dienone is 1. The second-order valence-electron chi connectivity index (χ2n) is 6.75. The Kier molecular flexibility index (Phi) is 3.38. The lowest BCUT2D eigenvalue weighted by atomic mass is 9.98.